The Hall–Kier alpha value is -2.27. The summed E-state index contributed by atoms with van der Waals surface area (Å²) in [7, 11) is 0. The smallest absolute Gasteiger partial charge is 0.232 e. The van der Waals surface area contributed by atoms with E-state index in [0.29, 0.717) is 6.42 Å². The third kappa shape index (κ3) is 1.72. The quantitative estimate of drug-likeness (QED) is 0.769. The highest BCUT2D eigenvalue weighted by molar-refractivity contribution is 6.12. The SMILES string of the molecule is Cc1cccc(CC23C=CC(=O)C(N2)C2C(=O)NC(=O)C23)c1. The first-order chi connectivity index (χ1) is 10.5. The lowest BCUT2D eigenvalue weighted by molar-refractivity contribution is -0.129. The van der Waals surface area contributed by atoms with E-state index in [0.717, 1.165) is 11.1 Å². The van der Waals surface area contributed by atoms with Crippen molar-refractivity contribution < 1.29 is 14.4 Å². The van der Waals surface area contributed by atoms with Crippen molar-refractivity contribution in [2.75, 3.05) is 0 Å². The number of ketones is 1. The highest BCUT2D eigenvalue weighted by Crippen LogP contribution is 2.44. The van der Waals surface area contributed by atoms with Crippen LogP contribution in [-0.2, 0) is 20.8 Å². The van der Waals surface area contributed by atoms with Crippen LogP contribution in [0.3, 0.4) is 0 Å². The number of fused-ring (bicyclic) bond motifs is 5. The van der Waals surface area contributed by atoms with Crippen LogP contribution in [0.15, 0.2) is 36.4 Å². The summed E-state index contributed by atoms with van der Waals surface area (Å²) >= 11 is 0. The first-order valence-corrected chi connectivity index (χ1v) is 7.41. The summed E-state index contributed by atoms with van der Waals surface area (Å²) in [5, 5.41) is 5.65. The fraction of sp³-hybridized carbons (Fsp3) is 0.353. The summed E-state index contributed by atoms with van der Waals surface area (Å²) in [4.78, 5) is 36.4. The van der Waals surface area contributed by atoms with Gasteiger partial charge in [-0.25, -0.2) is 0 Å². The molecule has 2 bridgehead atoms. The molecular formula is C17H16N2O3. The topological polar surface area (TPSA) is 75.3 Å². The van der Waals surface area contributed by atoms with E-state index in [1.807, 2.05) is 25.1 Å². The van der Waals surface area contributed by atoms with Gasteiger partial charge in [-0.15, -0.1) is 0 Å². The molecular weight excluding hydrogens is 280 g/mol. The standard InChI is InChI=1S/C17H16N2O3/c1-9-3-2-4-10(7-9)8-17-6-5-11(20)14(19-17)12-13(17)16(22)18-15(12)21/h2-7,12-14,19H,8H2,1H3,(H,18,21,22). The van der Waals surface area contributed by atoms with Gasteiger partial charge in [-0.3, -0.25) is 25.0 Å². The van der Waals surface area contributed by atoms with Crippen molar-refractivity contribution in [2.24, 2.45) is 11.8 Å². The van der Waals surface area contributed by atoms with Crippen molar-refractivity contribution in [1.82, 2.24) is 10.6 Å². The second-order valence-corrected chi connectivity index (χ2v) is 6.42. The molecule has 3 aliphatic heterocycles. The molecule has 1 aromatic rings. The summed E-state index contributed by atoms with van der Waals surface area (Å²) in [5.41, 5.74) is 1.56. The van der Waals surface area contributed by atoms with Gasteiger partial charge in [0.25, 0.3) is 0 Å². The monoisotopic (exact) mass is 296 g/mol. The van der Waals surface area contributed by atoms with Gasteiger partial charge in [0.1, 0.15) is 0 Å². The van der Waals surface area contributed by atoms with Crippen LogP contribution in [-0.4, -0.2) is 29.2 Å². The van der Waals surface area contributed by atoms with Gasteiger partial charge in [-0.2, -0.15) is 0 Å². The average molecular weight is 296 g/mol. The number of hydrogen-bond acceptors (Lipinski definition) is 4. The van der Waals surface area contributed by atoms with E-state index < -0.39 is 23.4 Å². The van der Waals surface area contributed by atoms with Gasteiger partial charge in [0.05, 0.1) is 23.4 Å². The van der Waals surface area contributed by atoms with Gasteiger partial charge in [-0.05, 0) is 25.0 Å². The van der Waals surface area contributed by atoms with E-state index in [-0.39, 0.29) is 17.6 Å². The highest BCUT2D eigenvalue weighted by Gasteiger charge is 2.64. The van der Waals surface area contributed by atoms with Gasteiger partial charge >= 0.3 is 0 Å². The Balaban J connectivity index is 1.78. The zero-order chi connectivity index (χ0) is 15.5. The van der Waals surface area contributed by atoms with Crippen LogP contribution in [0.2, 0.25) is 0 Å². The Kier molecular flexibility index (Phi) is 2.66. The molecule has 2 amide bonds. The average Bonchev–Trinajstić information content (AvgIpc) is 2.91. The minimum Gasteiger partial charge on any atom is -0.296 e. The number of nitrogens with one attached hydrogen (secondary N) is 2. The van der Waals surface area contributed by atoms with Crippen molar-refractivity contribution in [1.29, 1.82) is 0 Å². The van der Waals surface area contributed by atoms with Crippen molar-refractivity contribution in [2.45, 2.75) is 24.9 Å². The summed E-state index contributed by atoms with van der Waals surface area (Å²) in [5.74, 6) is -1.86. The molecule has 4 rings (SSSR count). The lowest BCUT2D eigenvalue weighted by Gasteiger charge is -2.33. The molecule has 0 spiro atoms. The molecule has 2 saturated heterocycles. The molecule has 4 atom stereocenters. The number of hydrogen-bond donors (Lipinski definition) is 2. The number of benzene rings is 1. The molecule has 1 aromatic carbocycles. The molecule has 5 nitrogen and oxygen atoms in total. The van der Waals surface area contributed by atoms with Crippen molar-refractivity contribution in [3.63, 3.8) is 0 Å². The van der Waals surface area contributed by atoms with E-state index in [4.69, 9.17) is 0 Å². The molecule has 22 heavy (non-hydrogen) atoms. The van der Waals surface area contributed by atoms with Crippen molar-refractivity contribution in [3.05, 3.63) is 47.5 Å². The minimum atomic E-state index is -0.659. The van der Waals surface area contributed by atoms with Gasteiger partial charge < -0.3 is 0 Å². The second kappa shape index (κ2) is 4.36. The summed E-state index contributed by atoms with van der Waals surface area (Å²) in [6.45, 7) is 2.01. The fourth-order valence-electron chi connectivity index (χ4n) is 4.08. The number of carbonyl (C=O) groups is 3. The van der Waals surface area contributed by atoms with Gasteiger partial charge in [0.15, 0.2) is 5.78 Å². The Labute approximate surface area is 127 Å². The molecule has 0 radical (unpaired) electrons. The Morgan fingerprint density at radius 3 is 2.77 bits per heavy atom. The maximum atomic E-state index is 12.3. The van der Waals surface area contributed by atoms with Crippen LogP contribution in [0, 0.1) is 18.8 Å². The largest absolute Gasteiger partial charge is 0.296 e. The maximum absolute atomic E-state index is 12.3. The highest BCUT2D eigenvalue weighted by atomic mass is 16.2. The molecule has 112 valence electrons. The molecule has 4 unspecified atom stereocenters. The number of imide groups is 1. The lowest BCUT2D eigenvalue weighted by Crippen LogP contribution is -2.54. The third-order valence-corrected chi connectivity index (χ3v) is 4.96. The molecule has 3 aliphatic rings. The molecule has 0 aliphatic carbocycles. The number of carbonyl (C=O) groups excluding carboxylic acids is 3. The van der Waals surface area contributed by atoms with Crippen molar-refractivity contribution >= 4 is 17.6 Å². The van der Waals surface area contributed by atoms with E-state index in [2.05, 4.69) is 16.7 Å². The van der Waals surface area contributed by atoms with Crippen LogP contribution in [0.4, 0.5) is 0 Å². The number of rotatable bonds is 2. The predicted molar refractivity (Wildman–Crippen MR) is 78.8 cm³/mol. The zero-order valence-electron chi connectivity index (χ0n) is 12.1. The lowest BCUT2D eigenvalue weighted by atomic mass is 9.77. The van der Waals surface area contributed by atoms with Gasteiger partial charge in [0.2, 0.25) is 11.8 Å². The van der Waals surface area contributed by atoms with E-state index in [9.17, 15) is 14.4 Å². The van der Waals surface area contributed by atoms with Crippen LogP contribution in [0.5, 0.6) is 0 Å². The van der Waals surface area contributed by atoms with Gasteiger partial charge in [-0.1, -0.05) is 35.9 Å². The van der Waals surface area contributed by atoms with E-state index in [1.54, 1.807) is 6.08 Å². The first-order valence-electron chi connectivity index (χ1n) is 7.41. The molecule has 3 heterocycles. The van der Waals surface area contributed by atoms with E-state index >= 15 is 0 Å². The second-order valence-electron chi connectivity index (χ2n) is 6.42. The molecule has 2 N–H and O–H groups in total. The maximum Gasteiger partial charge on any atom is 0.232 e. The molecule has 2 fully saturated rings. The normalized spacial score (nSPS) is 35.7. The number of amides is 2. The fourth-order valence-corrected chi connectivity index (χ4v) is 4.08. The first kappa shape index (κ1) is 13.4. The molecule has 5 heteroatoms. The Morgan fingerprint density at radius 2 is 2.00 bits per heavy atom. The molecule has 0 saturated carbocycles. The number of aryl methyl sites for hydroxylation is 1. The van der Waals surface area contributed by atoms with E-state index in [1.165, 1.54) is 6.08 Å². The summed E-state index contributed by atoms with van der Waals surface area (Å²) < 4.78 is 0. The van der Waals surface area contributed by atoms with Gasteiger partial charge in [0, 0.05) is 0 Å². The van der Waals surface area contributed by atoms with Crippen LogP contribution in [0.1, 0.15) is 11.1 Å². The third-order valence-electron chi connectivity index (χ3n) is 4.96. The predicted octanol–water partition coefficient (Wildman–Crippen LogP) is 0.276. The zero-order valence-corrected chi connectivity index (χ0v) is 12.1. The summed E-state index contributed by atoms with van der Waals surface area (Å²) in [6, 6.07) is 7.47. The van der Waals surface area contributed by atoms with Crippen LogP contribution >= 0.6 is 0 Å². The van der Waals surface area contributed by atoms with Crippen LogP contribution in [0.25, 0.3) is 0 Å². The Morgan fingerprint density at radius 1 is 1.18 bits per heavy atom. The summed E-state index contributed by atoms with van der Waals surface area (Å²) in [6.07, 6.45) is 3.88. The molecule has 0 aromatic heterocycles. The van der Waals surface area contributed by atoms with Crippen molar-refractivity contribution in [3.8, 4) is 0 Å². The van der Waals surface area contributed by atoms with Crippen LogP contribution < -0.4 is 10.6 Å². The Bertz CT molecular complexity index is 739. The minimum absolute atomic E-state index is 0.128.